The zero-order chi connectivity index (χ0) is 40.5. The molecule has 0 spiro atoms. The van der Waals surface area contributed by atoms with E-state index < -0.39 is 0 Å². The smallest absolute Gasteiger partial charge is 0.0462 e. The maximum Gasteiger partial charge on any atom is 0.0462 e. The van der Waals surface area contributed by atoms with Crippen LogP contribution < -0.4 is 4.90 Å². The summed E-state index contributed by atoms with van der Waals surface area (Å²) in [6.07, 6.45) is 0. The highest BCUT2D eigenvalue weighted by molar-refractivity contribution is 9.10. The molecule has 0 aliphatic heterocycles. The molecule has 0 unspecified atom stereocenters. The number of hydrogen-bond acceptors (Lipinski definition) is 1. The van der Waals surface area contributed by atoms with Crippen LogP contribution in [0.1, 0.15) is 44.5 Å². The quantitative estimate of drug-likeness (QED) is 0.117. The number of nitrogens with zero attached hydrogens (tertiary/aromatic N) is 1. The van der Waals surface area contributed by atoms with Crippen LogP contribution in [0.2, 0.25) is 0 Å². The fraction of sp³-hybridized carbons (Fsp3) is 0. The molecule has 0 amide bonds. The van der Waals surface area contributed by atoms with E-state index in [4.69, 9.17) is 0 Å². The summed E-state index contributed by atoms with van der Waals surface area (Å²) in [6, 6.07) is 91.1. The van der Waals surface area contributed by atoms with E-state index in [2.05, 4.69) is 276 Å². The van der Waals surface area contributed by atoms with Gasteiger partial charge < -0.3 is 4.90 Å². The first-order valence-corrected chi connectivity index (χ1v) is 21.1. The van der Waals surface area contributed by atoms with Crippen LogP contribution in [0.3, 0.4) is 0 Å². The normalized spacial score (nSPS) is 10.8. The molecule has 0 N–H and O–H groups in total. The average Bonchev–Trinajstić information content (AvgIpc) is 3.33. The molecule has 2 heteroatoms. The van der Waals surface area contributed by atoms with Crippen molar-refractivity contribution in [3.63, 3.8) is 0 Å². The van der Waals surface area contributed by atoms with Gasteiger partial charge in [0.2, 0.25) is 0 Å². The lowest BCUT2D eigenvalue weighted by Crippen LogP contribution is -2.10. The monoisotopic (exact) mass is 831 g/mol. The Labute approximate surface area is 362 Å². The summed E-state index contributed by atoms with van der Waals surface area (Å²) in [7, 11) is 0. The van der Waals surface area contributed by atoms with Gasteiger partial charge in [0.25, 0.3) is 0 Å². The summed E-state index contributed by atoms with van der Waals surface area (Å²) in [5.74, 6) is 0. The summed E-state index contributed by atoms with van der Waals surface area (Å²) in [5.41, 5.74) is 17.3. The lowest BCUT2D eigenvalue weighted by Gasteiger charge is -2.27. The van der Waals surface area contributed by atoms with Gasteiger partial charge in [-0.25, -0.2) is 0 Å². The summed E-state index contributed by atoms with van der Waals surface area (Å²) in [5, 5.41) is 0. The van der Waals surface area contributed by atoms with Gasteiger partial charge in [0, 0.05) is 21.5 Å². The second-order valence-corrected chi connectivity index (χ2v) is 15.5. The maximum atomic E-state index is 3.68. The average molecular weight is 833 g/mol. The van der Waals surface area contributed by atoms with Crippen molar-refractivity contribution >= 4 is 55.3 Å². The highest BCUT2D eigenvalue weighted by atomic mass is 79.9. The Morgan fingerprint density at radius 3 is 0.617 bits per heavy atom. The minimum atomic E-state index is 1.04. The van der Waals surface area contributed by atoms with Crippen molar-refractivity contribution in [1.29, 1.82) is 0 Å². The Morgan fingerprint density at radius 2 is 0.400 bits per heavy atom. The molecule has 0 bridgehead atoms. The molecular weight excluding hydrogens is 791 g/mol. The van der Waals surface area contributed by atoms with E-state index in [0.717, 1.165) is 32.7 Å². The SMILES string of the molecule is Brc1ccc(N(c2ccc(C(=C(c3ccccc3)c3ccccc3)c3ccccc3)cc2)c2ccc(C(=C(c3ccccc3)c3ccccc3)c3ccccc3)cc2)cc1. The van der Waals surface area contributed by atoms with Crippen LogP contribution in [0, 0.1) is 0 Å². The minimum absolute atomic E-state index is 1.04. The number of anilines is 3. The molecule has 9 rings (SSSR count). The predicted molar refractivity (Wildman–Crippen MR) is 258 cm³/mol. The summed E-state index contributed by atoms with van der Waals surface area (Å²) >= 11 is 3.68. The zero-order valence-electron chi connectivity index (χ0n) is 33.1. The number of halogens is 1. The summed E-state index contributed by atoms with van der Waals surface area (Å²) in [4.78, 5) is 2.34. The van der Waals surface area contributed by atoms with E-state index in [1.54, 1.807) is 0 Å². The Hall–Kier alpha value is -7.26. The van der Waals surface area contributed by atoms with Crippen molar-refractivity contribution in [2.45, 2.75) is 0 Å². The standard InChI is InChI=1S/C58H42BrN/c59-51-35-41-54(42-36-51)60(52-37-31-49(32-38-52)57(47-27-15-5-16-28-47)55(43-19-7-1-8-20-43)44-21-9-2-10-22-44)53-39-33-50(34-40-53)58(48-29-17-6-18-30-48)56(45-23-11-3-12-24-45)46-25-13-4-14-26-46/h1-42H. The molecule has 0 aliphatic rings. The molecule has 0 saturated heterocycles. The van der Waals surface area contributed by atoms with Crippen LogP contribution in [0.4, 0.5) is 17.1 Å². The largest absolute Gasteiger partial charge is 0.311 e. The van der Waals surface area contributed by atoms with E-state index in [1.807, 2.05) is 0 Å². The Balaban J connectivity index is 1.19. The molecule has 9 aromatic carbocycles. The molecule has 9 aromatic rings. The van der Waals surface area contributed by atoms with E-state index in [0.29, 0.717) is 0 Å². The van der Waals surface area contributed by atoms with Gasteiger partial charge in [-0.2, -0.15) is 0 Å². The van der Waals surface area contributed by atoms with Crippen molar-refractivity contribution in [1.82, 2.24) is 0 Å². The third-order valence-corrected chi connectivity index (χ3v) is 11.3. The van der Waals surface area contributed by atoms with Crippen LogP contribution in [-0.2, 0) is 0 Å². The van der Waals surface area contributed by atoms with E-state index in [-0.39, 0.29) is 0 Å². The van der Waals surface area contributed by atoms with Gasteiger partial charge in [0.05, 0.1) is 0 Å². The summed E-state index contributed by atoms with van der Waals surface area (Å²) < 4.78 is 1.04. The van der Waals surface area contributed by atoms with E-state index in [1.165, 1.54) is 55.7 Å². The van der Waals surface area contributed by atoms with Crippen LogP contribution >= 0.6 is 15.9 Å². The first kappa shape index (κ1) is 38.3. The second kappa shape index (κ2) is 18.1. The van der Waals surface area contributed by atoms with Crippen molar-refractivity contribution < 1.29 is 0 Å². The maximum absolute atomic E-state index is 3.68. The highest BCUT2D eigenvalue weighted by Crippen LogP contribution is 2.42. The fourth-order valence-electron chi connectivity index (χ4n) is 8.04. The van der Waals surface area contributed by atoms with Crippen LogP contribution in [-0.4, -0.2) is 0 Å². The molecule has 1 nitrogen and oxygen atoms in total. The van der Waals surface area contributed by atoms with Crippen LogP contribution in [0.15, 0.2) is 259 Å². The molecule has 0 atom stereocenters. The van der Waals surface area contributed by atoms with Crippen molar-refractivity contribution in [2.24, 2.45) is 0 Å². The predicted octanol–water partition coefficient (Wildman–Crippen LogP) is 15.9. The highest BCUT2D eigenvalue weighted by Gasteiger charge is 2.20. The van der Waals surface area contributed by atoms with Crippen LogP contribution in [0.25, 0.3) is 22.3 Å². The molecule has 0 aromatic heterocycles. The Bertz CT molecular complexity index is 2570. The van der Waals surface area contributed by atoms with Gasteiger partial charge in [0.1, 0.15) is 0 Å². The molecule has 0 fully saturated rings. The van der Waals surface area contributed by atoms with Crippen molar-refractivity contribution in [3.8, 4) is 0 Å². The topological polar surface area (TPSA) is 3.24 Å². The van der Waals surface area contributed by atoms with Gasteiger partial charge >= 0.3 is 0 Å². The molecule has 0 saturated carbocycles. The minimum Gasteiger partial charge on any atom is -0.311 e. The Morgan fingerprint density at radius 1 is 0.217 bits per heavy atom. The number of benzene rings is 9. The number of hydrogen-bond donors (Lipinski definition) is 0. The first-order chi connectivity index (χ1) is 29.7. The van der Waals surface area contributed by atoms with E-state index in [9.17, 15) is 0 Å². The number of rotatable bonds is 11. The molecule has 0 radical (unpaired) electrons. The van der Waals surface area contributed by atoms with Crippen molar-refractivity contribution in [2.75, 3.05) is 4.90 Å². The van der Waals surface area contributed by atoms with Gasteiger partial charge in [-0.1, -0.05) is 222 Å². The lowest BCUT2D eigenvalue weighted by atomic mass is 9.85. The molecular formula is C58H42BrN. The van der Waals surface area contributed by atoms with Gasteiger partial charge in [0.15, 0.2) is 0 Å². The second-order valence-electron chi connectivity index (χ2n) is 14.6. The fourth-order valence-corrected chi connectivity index (χ4v) is 8.31. The van der Waals surface area contributed by atoms with Gasteiger partial charge in [-0.3, -0.25) is 0 Å². The lowest BCUT2D eigenvalue weighted by molar-refractivity contribution is 1.28. The van der Waals surface area contributed by atoms with Crippen LogP contribution in [0.5, 0.6) is 0 Å². The molecule has 0 heterocycles. The Kier molecular flexibility index (Phi) is 11.6. The summed E-state index contributed by atoms with van der Waals surface area (Å²) in [6.45, 7) is 0. The zero-order valence-corrected chi connectivity index (χ0v) is 34.7. The molecule has 60 heavy (non-hydrogen) atoms. The first-order valence-electron chi connectivity index (χ1n) is 20.3. The van der Waals surface area contributed by atoms with Gasteiger partial charge in [-0.15, -0.1) is 0 Å². The third-order valence-electron chi connectivity index (χ3n) is 10.8. The molecule has 0 aliphatic carbocycles. The van der Waals surface area contributed by atoms with Crippen molar-refractivity contribution in [3.05, 3.63) is 304 Å². The van der Waals surface area contributed by atoms with Gasteiger partial charge in [-0.05, 0) is 115 Å². The van der Waals surface area contributed by atoms with E-state index >= 15 is 0 Å². The molecule has 286 valence electrons. The third kappa shape index (κ3) is 8.33.